The molecule has 0 radical (unpaired) electrons. The minimum absolute atomic E-state index is 0.0358. The van der Waals surface area contributed by atoms with Crippen molar-refractivity contribution in [1.82, 2.24) is 0 Å². The number of methoxy groups -OCH3 is 1. The van der Waals surface area contributed by atoms with Gasteiger partial charge in [-0.3, -0.25) is 15.0 Å². The Kier molecular flexibility index (Phi) is 7.21. The molecule has 6 heteroatoms. The van der Waals surface area contributed by atoms with E-state index in [0.717, 1.165) is 27.6 Å². The van der Waals surface area contributed by atoms with Crippen LogP contribution in [0.2, 0.25) is 0 Å². The summed E-state index contributed by atoms with van der Waals surface area (Å²) in [7, 11) is 1.30. The summed E-state index contributed by atoms with van der Waals surface area (Å²) >= 11 is 0. The van der Waals surface area contributed by atoms with Crippen molar-refractivity contribution in [2.24, 2.45) is 11.7 Å². The van der Waals surface area contributed by atoms with Gasteiger partial charge in [-0.1, -0.05) is 78.9 Å². The Labute approximate surface area is 203 Å². The van der Waals surface area contributed by atoms with Crippen LogP contribution in [0.4, 0.5) is 0 Å². The van der Waals surface area contributed by atoms with Gasteiger partial charge < -0.3 is 15.2 Å². The summed E-state index contributed by atoms with van der Waals surface area (Å²) in [6, 6.07) is 27.8. The van der Waals surface area contributed by atoms with Gasteiger partial charge in [0.05, 0.1) is 7.11 Å². The zero-order chi connectivity index (χ0) is 24.8. The maximum atomic E-state index is 13.0. The molecule has 4 aromatic rings. The van der Waals surface area contributed by atoms with Crippen molar-refractivity contribution in [3.05, 3.63) is 113 Å². The molecule has 176 valence electrons. The van der Waals surface area contributed by atoms with Gasteiger partial charge in [0, 0.05) is 11.1 Å². The molecular weight excluding hydrogens is 440 g/mol. The highest BCUT2D eigenvalue weighted by molar-refractivity contribution is 6.08. The second kappa shape index (κ2) is 10.7. The highest BCUT2D eigenvalue weighted by atomic mass is 16.5. The summed E-state index contributed by atoms with van der Waals surface area (Å²) in [6.07, 6.45) is 0.255. The number of benzene rings is 4. The molecular formula is C29H26N2O4. The second-order valence-corrected chi connectivity index (χ2v) is 8.25. The van der Waals surface area contributed by atoms with Crippen molar-refractivity contribution in [2.75, 3.05) is 7.11 Å². The second-order valence-electron chi connectivity index (χ2n) is 8.25. The van der Waals surface area contributed by atoms with Crippen LogP contribution in [0.3, 0.4) is 0 Å². The van der Waals surface area contributed by atoms with Gasteiger partial charge in [-0.25, -0.2) is 0 Å². The van der Waals surface area contributed by atoms with Gasteiger partial charge in [0.1, 0.15) is 24.1 Å². The molecule has 0 heterocycles. The van der Waals surface area contributed by atoms with E-state index in [9.17, 15) is 9.59 Å². The first-order valence-corrected chi connectivity index (χ1v) is 11.2. The monoisotopic (exact) mass is 466 g/mol. The number of ketones is 1. The molecule has 0 spiro atoms. The van der Waals surface area contributed by atoms with Crippen LogP contribution in [0.25, 0.3) is 10.8 Å². The van der Waals surface area contributed by atoms with Crippen molar-refractivity contribution in [2.45, 2.75) is 13.0 Å². The molecule has 0 aliphatic rings. The van der Waals surface area contributed by atoms with Gasteiger partial charge in [-0.15, -0.1) is 0 Å². The lowest BCUT2D eigenvalue weighted by Gasteiger charge is -2.14. The summed E-state index contributed by atoms with van der Waals surface area (Å²) in [5, 5.41) is 9.44. The smallest absolute Gasteiger partial charge is 0.316 e. The van der Waals surface area contributed by atoms with Crippen LogP contribution >= 0.6 is 0 Å². The minimum atomic E-state index is -0.906. The van der Waals surface area contributed by atoms with E-state index in [0.29, 0.717) is 17.7 Å². The molecule has 1 unspecified atom stereocenters. The van der Waals surface area contributed by atoms with Crippen molar-refractivity contribution in [1.29, 1.82) is 5.41 Å². The Balaban J connectivity index is 1.48. The molecule has 0 saturated carbocycles. The SMILES string of the molecule is COC(=O)C(Cc1ccc2cc(OCc3ccc(C(=N)N)cc3)ccc2c1)C(=O)c1ccccc1. The van der Waals surface area contributed by atoms with Crippen LogP contribution in [0.1, 0.15) is 27.0 Å². The normalized spacial score (nSPS) is 11.6. The Morgan fingerprint density at radius 2 is 1.49 bits per heavy atom. The molecule has 6 nitrogen and oxygen atoms in total. The topological polar surface area (TPSA) is 102 Å². The number of carbonyl (C=O) groups excluding carboxylic acids is 2. The molecule has 35 heavy (non-hydrogen) atoms. The number of nitrogens with one attached hydrogen (secondary N) is 1. The molecule has 1 atom stereocenters. The minimum Gasteiger partial charge on any atom is -0.489 e. The van der Waals surface area contributed by atoms with Gasteiger partial charge in [0.2, 0.25) is 0 Å². The third-order valence-electron chi connectivity index (χ3n) is 5.85. The Hall–Kier alpha value is -4.45. The number of rotatable bonds is 9. The largest absolute Gasteiger partial charge is 0.489 e. The molecule has 0 aliphatic heterocycles. The van der Waals surface area contributed by atoms with Crippen molar-refractivity contribution < 1.29 is 19.1 Å². The molecule has 0 aliphatic carbocycles. The number of Topliss-reactive ketones (excluding diaryl/α,β-unsaturated/α-hetero) is 1. The lowest BCUT2D eigenvalue weighted by atomic mass is 9.90. The van der Waals surface area contributed by atoms with Gasteiger partial charge in [0.25, 0.3) is 0 Å². The first kappa shape index (κ1) is 23.7. The van der Waals surface area contributed by atoms with Crippen LogP contribution in [0.15, 0.2) is 91.0 Å². The molecule has 4 rings (SSSR count). The van der Waals surface area contributed by atoms with E-state index in [2.05, 4.69) is 0 Å². The first-order valence-electron chi connectivity index (χ1n) is 11.2. The third-order valence-corrected chi connectivity index (χ3v) is 5.85. The van der Waals surface area contributed by atoms with Crippen LogP contribution in [-0.4, -0.2) is 24.7 Å². The van der Waals surface area contributed by atoms with Crippen LogP contribution < -0.4 is 10.5 Å². The van der Waals surface area contributed by atoms with E-state index in [1.165, 1.54) is 7.11 Å². The van der Waals surface area contributed by atoms with E-state index in [1.807, 2.05) is 54.6 Å². The Morgan fingerprint density at radius 3 is 2.17 bits per heavy atom. The first-order chi connectivity index (χ1) is 16.9. The van der Waals surface area contributed by atoms with E-state index in [1.54, 1.807) is 36.4 Å². The predicted molar refractivity (Wildman–Crippen MR) is 136 cm³/mol. The van der Waals surface area contributed by atoms with Crippen molar-refractivity contribution >= 4 is 28.4 Å². The quantitative estimate of drug-likeness (QED) is 0.120. The van der Waals surface area contributed by atoms with Crippen LogP contribution in [0, 0.1) is 11.3 Å². The number of amidine groups is 1. The highest BCUT2D eigenvalue weighted by Gasteiger charge is 2.28. The zero-order valence-corrected chi connectivity index (χ0v) is 19.4. The van der Waals surface area contributed by atoms with E-state index >= 15 is 0 Å². The number of fused-ring (bicyclic) bond motifs is 1. The van der Waals surface area contributed by atoms with Gasteiger partial charge >= 0.3 is 5.97 Å². The average molecular weight is 467 g/mol. The van der Waals surface area contributed by atoms with Crippen LogP contribution in [0.5, 0.6) is 5.75 Å². The number of nitrogens with two attached hydrogens (primary N) is 1. The van der Waals surface area contributed by atoms with E-state index in [-0.39, 0.29) is 18.0 Å². The molecule has 4 aromatic carbocycles. The lowest BCUT2D eigenvalue weighted by Crippen LogP contribution is -2.27. The van der Waals surface area contributed by atoms with Crippen LogP contribution in [-0.2, 0) is 22.6 Å². The summed E-state index contributed by atoms with van der Waals surface area (Å²) < 4.78 is 10.8. The molecule has 0 aromatic heterocycles. The number of ether oxygens (including phenoxy) is 2. The molecule has 3 N–H and O–H groups in total. The maximum absolute atomic E-state index is 13.0. The van der Waals surface area contributed by atoms with E-state index in [4.69, 9.17) is 20.6 Å². The lowest BCUT2D eigenvalue weighted by molar-refractivity contribution is -0.143. The van der Waals surface area contributed by atoms with Gasteiger partial charge in [-0.05, 0) is 40.5 Å². The number of esters is 1. The van der Waals surface area contributed by atoms with Crippen molar-refractivity contribution in [3.63, 3.8) is 0 Å². The number of hydrogen-bond acceptors (Lipinski definition) is 5. The van der Waals surface area contributed by atoms with Gasteiger partial charge in [0.15, 0.2) is 5.78 Å². The summed E-state index contributed by atoms with van der Waals surface area (Å²) in [5.41, 5.74) is 8.50. The standard InChI is InChI=1S/C29H26N2O4/c1-34-29(33)26(27(32)21-5-3-2-4-6-21)16-20-9-12-24-17-25(14-13-23(24)15-20)35-18-19-7-10-22(11-8-19)28(30)31/h2-15,17,26H,16,18H2,1H3,(H3,30,31). The van der Waals surface area contributed by atoms with E-state index < -0.39 is 11.9 Å². The Morgan fingerprint density at radius 1 is 0.829 bits per heavy atom. The maximum Gasteiger partial charge on any atom is 0.316 e. The summed E-state index contributed by atoms with van der Waals surface area (Å²) in [6.45, 7) is 0.393. The zero-order valence-electron chi connectivity index (χ0n) is 19.4. The molecule has 0 fully saturated rings. The summed E-state index contributed by atoms with van der Waals surface area (Å²) in [4.78, 5) is 25.4. The number of hydrogen-bond donors (Lipinski definition) is 2. The highest BCUT2D eigenvalue weighted by Crippen LogP contribution is 2.25. The number of carbonyl (C=O) groups is 2. The van der Waals surface area contributed by atoms with Gasteiger partial charge in [-0.2, -0.15) is 0 Å². The predicted octanol–water partition coefficient (Wildman–Crippen LogP) is 4.92. The van der Waals surface area contributed by atoms with Crippen molar-refractivity contribution in [3.8, 4) is 5.75 Å². The summed E-state index contributed by atoms with van der Waals surface area (Å²) in [5.74, 6) is -0.935. The fourth-order valence-corrected chi connectivity index (χ4v) is 3.90. The Bertz CT molecular complexity index is 1360. The average Bonchev–Trinajstić information content (AvgIpc) is 2.90. The molecule has 0 amide bonds. The fourth-order valence-electron chi connectivity index (χ4n) is 3.90. The molecule has 0 saturated heterocycles. The fraction of sp³-hybridized carbons (Fsp3) is 0.138. The number of nitrogen functional groups attached to an aromatic ring is 1. The molecule has 0 bridgehead atoms. The third kappa shape index (κ3) is 5.73.